The molecule has 0 bridgehead atoms. The number of rotatable bonds is 8. The molecule has 8 heteroatoms. The van der Waals surface area contributed by atoms with Gasteiger partial charge in [-0.1, -0.05) is 52.9 Å². The molecule has 3 aromatic rings. The summed E-state index contributed by atoms with van der Waals surface area (Å²) in [6.07, 6.45) is 3.86. The van der Waals surface area contributed by atoms with Crippen LogP contribution in [0.1, 0.15) is 34.3 Å². The van der Waals surface area contributed by atoms with E-state index in [4.69, 9.17) is 4.74 Å². The third kappa shape index (κ3) is 4.81. The Morgan fingerprint density at radius 3 is 2.43 bits per heavy atom. The molecule has 1 heterocycles. The van der Waals surface area contributed by atoms with Gasteiger partial charge in [-0.3, -0.25) is 9.52 Å². The van der Waals surface area contributed by atoms with Crippen molar-refractivity contribution in [2.75, 3.05) is 4.72 Å². The maximum Gasteiger partial charge on any atom is 0.263 e. The van der Waals surface area contributed by atoms with Crippen molar-refractivity contribution < 1.29 is 17.9 Å². The Bertz CT molecular complexity index is 1160. The van der Waals surface area contributed by atoms with Crippen molar-refractivity contribution in [3.63, 3.8) is 0 Å². The third-order valence-electron chi connectivity index (χ3n) is 4.57. The Kier molecular flexibility index (Phi) is 6.05. The van der Waals surface area contributed by atoms with Crippen molar-refractivity contribution in [2.24, 2.45) is 0 Å². The van der Waals surface area contributed by atoms with E-state index in [-0.39, 0.29) is 28.2 Å². The maximum atomic E-state index is 13.0. The number of nitrogens with one attached hydrogen (secondary N) is 1. The average Bonchev–Trinajstić information content (AvgIpc) is 3.58. The van der Waals surface area contributed by atoms with Gasteiger partial charge < -0.3 is 4.74 Å². The summed E-state index contributed by atoms with van der Waals surface area (Å²) < 4.78 is 34.6. The molecule has 0 atom stereocenters. The van der Waals surface area contributed by atoms with Crippen molar-refractivity contribution in [3.8, 4) is 5.75 Å². The summed E-state index contributed by atoms with van der Waals surface area (Å²) in [7, 11) is -3.92. The van der Waals surface area contributed by atoms with Crippen molar-refractivity contribution in [3.05, 3.63) is 83.6 Å². The molecule has 4 rings (SSSR count). The SMILES string of the molecule is O=C(c1ccccc1)c1cc(CI)cnc1NS(=O)(=O)c1ccc(OC2CC2)cc1. The summed E-state index contributed by atoms with van der Waals surface area (Å²) in [5.41, 5.74) is 1.51. The predicted octanol–water partition coefficient (Wildman–Crippen LogP) is 4.59. The van der Waals surface area contributed by atoms with Gasteiger partial charge in [0.2, 0.25) is 0 Å². The quantitative estimate of drug-likeness (QED) is 0.260. The second-order valence-electron chi connectivity index (χ2n) is 6.96. The van der Waals surface area contributed by atoms with Crippen LogP contribution in [-0.2, 0) is 14.5 Å². The third-order valence-corrected chi connectivity index (χ3v) is 6.81. The molecule has 1 aliphatic rings. The van der Waals surface area contributed by atoms with Crippen LogP contribution in [0.15, 0.2) is 71.8 Å². The molecule has 1 saturated carbocycles. The second-order valence-corrected chi connectivity index (χ2v) is 9.41. The monoisotopic (exact) mass is 534 g/mol. The molecule has 1 fully saturated rings. The van der Waals surface area contributed by atoms with E-state index >= 15 is 0 Å². The first-order valence-corrected chi connectivity index (χ1v) is 12.4. The Balaban J connectivity index is 1.63. The first-order chi connectivity index (χ1) is 14.5. The van der Waals surface area contributed by atoms with Gasteiger partial charge in [-0.15, -0.1) is 0 Å². The minimum absolute atomic E-state index is 0.00996. The smallest absolute Gasteiger partial charge is 0.263 e. The average molecular weight is 534 g/mol. The number of ketones is 1. The topological polar surface area (TPSA) is 85.4 Å². The zero-order valence-corrected chi connectivity index (χ0v) is 18.9. The van der Waals surface area contributed by atoms with Gasteiger partial charge in [0.1, 0.15) is 5.75 Å². The summed E-state index contributed by atoms with van der Waals surface area (Å²) in [6.45, 7) is 0. The molecule has 0 aliphatic heterocycles. The Morgan fingerprint density at radius 1 is 1.10 bits per heavy atom. The Labute approximate surface area is 188 Å². The number of hydrogen-bond donors (Lipinski definition) is 1. The van der Waals surface area contributed by atoms with Crippen molar-refractivity contribution in [2.45, 2.75) is 28.3 Å². The molecule has 0 amide bonds. The van der Waals surface area contributed by atoms with Crippen LogP contribution < -0.4 is 9.46 Å². The van der Waals surface area contributed by atoms with Crippen molar-refractivity contribution in [1.29, 1.82) is 0 Å². The van der Waals surface area contributed by atoms with Gasteiger partial charge in [-0.25, -0.2) is 13.4 Å². The molecule has 2 aromatic carbocycles. The number of pyridine rings is 1. The van der Waals surface area contributed by atoms with Crippen LogP contribution in [0.5, 0.6) is 5.75 Å². The molecule has 6 nitrogen and oxygen atoms in total. The lowest BCUT2D eigenvalue weighted by Gasteiger charge is -2.13. The van der Waals surface area contributed by atoms with Gasteiger partial charge in [0, 0.05) is 16.2 Å². The van der Waals surface area contributed by atoms with Crippen LogP contribution in [0.3, 0.4) is 0 Å². The summed E-state index contributed by atoms with van der Waals surface area (Å²) in [6, 6.07) is 16.6. The van der Waals surface area contributed by atoms with E-state index in [1.54, 1.807) is 48.7 Å². The number of carbonyl (C=O) groups excluding carboxylic acids is 1. The predicted molar refractivity (Wildman–Crippen MR) is 123 cm³/mol. The number of nitrogens with zero attached hydrogens (tertiary/aromatic N) is 1. The fourth-order valence-electron chi connectivity index (χ4n) is 2.84. The van der Waals surface area contributed by atoms with E-state index in [1.165, 1.54) is 12.1 Å². The van der Waals surface area contributed by atoms with Crippen LogP contribution in [0.2, 0.25) is 0 Å². The summed E-state index contributed by atoms with van der Waals surface area (Å²) in [4.78, 5) is 17.3. The standard InChI is InChI=1S/C22H19IN2O4S/c23-13-15-12-20(21(26)16-4-2-1-3-5-16)22(24-14-15)25-30(27,28)19-10-8-18(9-11-19)29-17-6-7-17/h1-5,8-12,14,17H,6-7,13H2,(H,24,25). The number of alkyl halides is 1. The first kappa shape index (κ1) is 20.8. The highest BCUT2D eigenvalue weighted by Gasteiger charge is 2.24. The molecule has 154 valence electrons. The lowest BCUT2D eigenvalue weighted by Crippen LogP contribution is -2.17. The van der Waals surface area contributed by atoms with Crippen LogP contribution in [0.4, 0.5) is 5.82 Å². The molecule has 0 saturated heterocycles. The van der Waals surface area contributed by atoms with Crippen LogP contribution in [0.25, 0.3) is 0 Å². The number of sulfonamides is 1. The number of benzene rings is 2. The van der Waals surface area contributed by atoms with E-state index in [9.17, 15) is 13.2 Å². The highest BCUT2D eigenvalue weighted by atomic mass is 127. The van der Waals surface area contributed by atoms with E-state index in [1.807, 2.05) is 6.07 Å². The molecule has 1 aliphatic carbocycles. The minimum Gasteiger partial charge on any atom is -0.490 e. The molecule has 0 radical (unpaired) electrons. The number of ether oxygens (including phenoxy) is 1. The van der Waals surface area contributed by atoms with Gasteiger partial charge in [-0.2, -0.15) is 0 Å². The zero-order chi connectivity index (χ0) is 21.1. The number of hydrogen-bond acceptors (Lipinski definition) is 5. The van der Waals surface area contributed by atoms with E-state index < -0.39 is 10.0 Å². The highest BCUT2D eigenvalue weighted by molar-refractivity contribution is 14.1. The summed E-state index contributed by atoms with van der Waals surface area (Å²) in [5.74, 6) is 0.359. The number of anilines is 1. The molecular formula is C22H19IN2O4S. The van der Waals surface area contributed by atoms with Crippen LogP contribution in [-0.4, -0.2) is 25.3 Å². The second kappa shape index (κ2) is 8.73. The fraction of sp³-hybridized carbons (Fsp3) is 0.182. The van der Waals surface area contributed by atoms with Gasteiger partial charge >= 0.3 is 0 Å². The highest BCUT2D eigenvalue weighted by Crippen LogP contribution is 2.28. The van der Waals surface area contributed by atoms with Crippen LogP contribution in [0, 0.1) is 0 Å². The molecule has 0 spiro atoms. The molecular weight excluding hydrogens is 515 g/mol. The van der Waals surface area contributed by atoms with Crippen molar-refractivity contribution in [1.82, 2.24) is 4.98 Å². The maximum absolute atomic E-state index is 13.0. The van der Waals surface area contributed by atoms with E-state index in [0.29, 0.717) is 15.7 Å². The Morgan fingerprint density at radius 2 is 1.80 bits per heavy atom. The summed E-state index contributed by atoms with van der Waals surface area (Å²) in [5, 5.41) is 0. The molecule has 1 aromatic heterocycles. The molecule has 1 N–H and O–H groups in total. The van der Waals surface area contributed by atoms with Crippen LogP contribution >= 0.6 is 22.6 Å². The first-order valence-electron chi connectivity index (χ1n) is 9.40. The Hall–Kier alpha value is -2.46. The van der Waals surface area contributed by atoms with Crippen molar-refractivity contribution >= 4 is 44.2 Å². The molecule has 0 unspecified atom stereocenters. The minimum atomic E-state index is -3.92. The number of aromatic nitrogens is 1. The van der Waals surface area contributed by atoms with Gasteiger partial charge in [-0.05, 0) is 48.7 Å². The van der Waals surface area contributed by atoms with E-state index in [2.05, 4.69) is 32.3 Å². The summed E-state index contributed by atoms with van der Waals surface area (Å²) >= 11 is 2.17. The number of halogens is 1. The largest absolute Gasteiger partial charge is 0.490 e. The van der Waals surface area contributed by atoms with Gasteiger partial charge in [0.25, 0.3) is 10.0 Å². The molecule has 30 heavy (non-hydrogen) atoms. The van der Waals surface area contributed by atoms with E-state index in [0.717, 1.165) is 18.4 Å². The van der Waals surface area contributed by atoms with Gasteiger partial charge in [0.15, 0.2) is 11.6 Å². The zero-order valence-electron chi connectivity index (χ0n) is 15.9. The number of carbonyl (C=O) groups is 1. The fourth-order valence-corrected chi connectivity index (χ4v) is 4.29. The lowest BCUT2D eigenvalue weighted by molar-refractivity contribution is 0.103. The normalized spacial score (nSPS) is 13.6. The lowest BCUT2D eigenvalue weighted by atomic mass is 10.0. The van der Waals surface area contributed by atoms with Gasteiger partial charge in [0.05, 0.1) is 16.6 Å².